The third-order valence-corrected chi connectivity index (χ3v) is 3.94. The van der Waals surface area contributed by atoms with Gasteiger partial charge < -0.3 is 10.4 Å². The summed E-state index contributed by atoms with van der Waals surface area (Å²) in [4.78, 5) is 11.2. The van der Waals surface area contributed by atoms with E-state index in [1.165, 1.54) is 19.3 Å². The van der Waals surface area contributed by atoms with Crippen LogP contribution >= 0.6 is 0 Å². The molecule has 1 aliphatic carbocycles. The molecule has 1 aliphatic rings. The van der Waals surface area contributed by atoms with E-state index in [-0.39, 0.29) is 12.0 Å². The van der Waals surface area contributed by atoms with Crippen LogP contribution in [0.1, 0.15) is 51.1 Å². The highest BCUT2D eigenvalue weighted by atomic mass is 16.3. The zero-order chi connectivity index (χ0) is 14.4. The zero-order valence-electron chi connectivity index (χ0n) is 12.1. The van der Waals surface area contributed by atoms with Crippen LogP contribution in [-0.2, 0) is 17.9 Å². The molecule has 1 saturated carbocycles. The van der Waals surface area contributed by atoms with Crippen molar-refractivity contribution in [2.45, 2.75) is 64.6 Å². The maximum atomic E-state index is 11.2. The lowest BCUT2D eigenvalue weighted by molar-refractivity contribution is -0.120. The second-order valence-corrected chi connectivity index (χ2v) is 5.53. The van der Waals surface area contributed by atoms with E-state index >= 15 is 0 Å². The van der Waals surface area contributed by atoms with Crippen LogP contribution in [-0.4, -0.2) is 32.1 Å². The van der Waals surface area contributed by atoms with Crippen LogP contribution in [0, 0.1) is 5.92 Å². The number of rotatable bonds is 6. The number of hydrogen-bond acceptors (Lipinski definition) is 4. The molecular weight excluding hydrogens is 256 g/mol. The second kappa shape index (κ2) is 7.38. The molecule has 2 N–H and O–H groups in total. The summed E-state index contributed by atoms with van der Waals surface area (Å²) < 4.78 is 1.67. The number of aliphatic hydroxyl groups is 1. The zero-order valence-corrected chi connectivity index (χ0v) is 12.1. The van der Waals surface area contributed by atoms with Crippen molar-refractivity contribution in [1.82, 2.24) is 20.3 Å². The highest BCUT2D eigenvalue weighted by Crippen LogP contribution is 2.26. The predicted octanol–water partition coefficient (Wildman–Crippen LogP) is 1.25. The molecule has 6 heteroatoms. The van der Waals surface area contributed by atoms with Crippen LogP contribution in [0.5, 0.6) is 0 Å². The quantitative estimate of drug-likeness (QED) is 0.821. The molecule has 20 heavy (non-hydrogen) atoms. The van der Waals surface area contributed by atoms with Gasteiger partial charge in [0.25, 0.3) is 0 Å². The Morgan fingerprint density at radius 3 is 2.95 bits per heavy atom. The maximum absolute atomic E-state index is 11.2. The topological polar surface area (TPSA) is 80.0 Å². The summed E-state index contributed by atoms with van der Waals surface area (Å²) in [6, 6.07) is 0. The van der Waals surface area contributed by atoms with E-state index < -0.39 is 0 Å². The van der Waals surface area contributed by atoms with Gasteiger partial charge in [-0.2, -0.15) is 0 Å². The molecule has 0 saturated heterocycles. The number of carbonyl (C=O) groups excluding carboxylic acids is 1. The third kappa shape index (κ3) is 4.30. The van der Waals surface area contributed by atoms with E-state index in [1.807, 2.05) is 6.92 Å². The molecule has 1 unspecified atom stereocenters. The normalized spacial score (nSPS) is 17.9. The van der Waals surface area contributed by atoms with Crippen molar-refractivity contribution in [3.05, 3.63) is 11.9 Å². The van der Waals surface area contributed by atoms with Gasteiger partial charge in [0.1, 0.15) is 5.69 Å². The van der Waals surface area contributed by atoms with Crippen molar-refractivity contribution < 1.29 is 9.90 Å². The van der Waals surface area contributed by atoms with Gasteiger partial charge in [0.15, 0.2) is 0 Å². The van der Waals surface area contributed by atoms with Crippen LogP contribution in [0.3, 0.4) is 0 Å². The summed E-state index contributed by atoms with van der Waals surface area (Å²) in [5.74, 6) is 0.387. The van der Waals surface area contributed by atoms with E-state index in [1.54, 1.807) is 10.9 Å². The Bertz CT molecular complexity index is 427. The molecule has 1 aromatic rings. The summed E-state index contributed by atoms with van der Waals surface area (Å²) in [5, 5.41) is 21.0. The number of aromatic nitrogens is 3. The minimum absolute atomic E-state index is 0.00166. The SMILES string of the molecule is CCC(=O)NCc1cn(CC(O)C2CCCCC2)nn1. The Balaban J connectivity index is 1.80. The molecular formula is C14H24N4O2. The van der Waals surface area contributed by atoms with Gasteiger partial charge in [-0.3, -0.25) is 4.79 Å². The van der Waals surface area contributed by atoms with Crippen molar-refractivity contribution >= 4 is 5.91 Å². The number of aliphatic hydroxyl groups excluding tert-OH is 1. The Kier molecular flexibility index (Phi) is 5.52. The molecule has 1 heterocycles. The molecule has 112 valence electrons. The standard InChI is InChI=1S/C14H24N4O2/c1-2-14(20)15-8-12-9-18(17-16-12)10-13(19)11-6-4-3-5-7-11/h9,11,13,19H,2-8,10H2,1H3,(H,15,20). The van der Waals surface area contributed by atoms with Gasteiger partial charge in [-0.05, 0) is 18.8 Å². The third-order valence-electron chi connectivity index (χ3n) is 3.94. The summed E-state index contributed by atoms with van der Waals surface area (Å²) in [5.41, 5.74) is 0.725. The average molecular weight is 280 g/mol. The first-order valence-corrected chi connectivity index (χ1v) is 7.52. The van der Waals surface area contributed by atoms with Crippen LogP contribution < -0.4 is 5.32 Å². The molecule has 1 atom stereocenters. The predicted molar refractivity (Wildman–Crippen MR) is 74.7 cm³/mol. The van der Waals surface area contributed by atoms with Crippen LogP contribution in [0.4, 0.5) is 0 Å². The number of nitrogens with zero attached hydrogens (tertiary/aromatic N) is 3. The maximum Gasteiger partial charge on any atom is 0.220 e. The number of carbonyl (C=O) groups is 1. The minimum Gasteiger partial charge on any atom is -0.391 e. The van der Waals surface area contributed by atoms with E-state index in [2.05, 4.69) is 15.6 Å². The molecule has 1 fully saturated rings. The average Bonchev–Trinajstić information content (AvgIpc) is 2.93. The molecule has 0 spiro atoms. The van der Waals surface area contributed by atoms with Crippen molar-refractivity contribution in [3.8, 4) is 0 Å². The summed E-state index contributed by atoms with van der Waals surface area (Å²) in [7, 11) is 0. The van der Waals surface area contributed by atoms with Gasteiger partial charge in [0.05, 0.1) is 25.4 Å². The highest BCUT2D eigenvalue weighted by Gasteiger charge is 2.22. The number of nitrogens with one attached hydrogen (secondary N) is 1. The molecule has 1 amide bonds. The van der Waals surface area contributed by atoms with Crippen LogP contribution in [0.2, 0.25) is 0 Å². The van der Waals surface area contributed by atoms with Crippen LogP contribution in [0.25, 0.3) is 0 Å². The van der Waals surface area contributed by atoms with Gasteiger partial charge in [0, 0.05) is 6.42 Å². The Hall–Kier alpha value is -1.43. The van der Waals surface area contributed by atoms with E-state index in [0.717, 1.165) is 18.5 Å². The molecule has 0 aromatic carbocycles. The fourth-order valence-electron chi connectivity index (χ4n) is 2.68. The molecule has 0 aliphatic heterocycles. The van der Waals surface area contributed by atoms with E-state index in [0.29, 0.717) is 25.4 Å². The fourth-order valence-corrected chi connectivity index (χ4v) is 2.68. The van der Waals surface area contributed by atoms with Gasteiger partial charge in [-0.15, -0.1) is 5.10 Å². The lowest BCUT2D eigenvalue weighted by atomic mass is 9.85. The van der Waals surface area contributed by atoms with Gasteiger partial charge in [-0.1, -0.05) is 31.4 Å². The minimum atomic E-state index is -0.352. The first kappa shape index (κ1) is 15.0. The summed E-state index contributed by atoms with van der Waals surface area (Å²) in [6.07, 6.45) is 7.84. The highest BCUT2D eigenvalue weighted by molar-refractivity contribution is 5.75. The summed E-state index contributed by atoms with van der Waals surface area (Å²) in [6.45, 7) is 2.69. The fraction of sp³-hybridized carbons (Fsp3) is 0.786. The monoisotopic (exact) mass is 280 g/mol. The Morgan fingerprint density at radius 2 is 2.25 bits per heavy atom. The first-order valence-electron chi connectivity index (χ1n) is 7.52. The number of amides is 1. The Morgan fingerprint density at radius 1 is 1.50 bits per heavy atom. The molecule has 1 aromatic heterocycles. The largest absolute Gasteiger partial charge is 0.391 e. The van der Waals surface area contributed by atoms with Crippen molar-refractivity contribution in [2.24, 2.45) is 5.92 Å². The lowest BCUT2D eigenvalue weighted by Gasteiger charge is -2.26. The number of hydrogen-bond donors (Lipinski definition) is 2. The van der Waals surface area contributed by atoms with Crippen LogP contribution in [0.15, 0.2) is 6.20 Å². The van der Waals surface area contributed by atoms with E-state index in [9.17, 15) is 9.90 Å². The lowest BCUT2D eigenvalue weighted by Crippen LogP contribution is -2.27. The molecule has 0 radical (unpaired) electrons. The smallest absolute Gasteiger partial charge is 0.220 e. The molecule has 6 nitrogen and oxygen atoms in total. The van der Waals surface area contributed by atoms with Gasteiger partial charge in [0.2, 0.25) is 5.91 Å². The van der Waals surface area contributed by atoms with Crippen molar-refractivity contribution in [2.75, 3.05) is 0 Å². The Labute approximate surface area is 119 Å². The van der Waals surface area contributed by atoms with E-state index in [4.69, 9.17) is 0 Å². The molecule has 0 bridgehead atoms. The first-order chi connectivity index (χ1) is 9.69. The van der Waals surface area contributed by atoms with Crippen molar-refractivity contribution in [3.63, 3.8) is 0 Å². The molecule has 2 rings (SSSR count). The van der Waals surface area contributed by atoms with Gasteiger partial charge >= 0.3 is 0 Å². The second-order valence-electron chi connectivity index (χ2n) is 5.53. The van der Waals surface area contributed by atoms with Gasteiger partial charge in [-0.25, -0.2) is 4.68 Å². The summed E-state index contributed by atoms with van der Waals surface area (Å²) >= 11 is 0. The van der Waals surface area contributed by atoms with Crippen molar-refractivity contribution in [1.29, 1.82) is 0 Å².